The van der Waals surface area contributed by atoms with Crippen molar-refractivity contribution >= 4 is 23.6 Å². The highest BCUT2D eigenvalue weighted by molar-refractivity contribution is 6.30. The lowest BCUT2D eigenvalue weighted by atomic mass is 10.0. The molecule has 0 aromatic heterocycles. The molecule has 6 nitrogen and oxygen atoms in total. The van der Waals surface area contributed by atoms with Crippen LogP contribution >= 0.6 is 11.6 Å². The van der Waals surface area contributed by atoms with Crippen molar-refractivity contribution in [1.82, 2.24) is 10.2 Å². The summed E-state index contributed by atoms with van der Waals surface area (Å²) in [5, 5.41) is 11.4. The molecule has 2 amide bonds. The van der Waals surface area contributed by atoms with Gasteiger partial charge in [0, 0.05) is 25.1 Å². The second kappa shape index (κ2) is 6.67. The van der Waals surface area contributed by atoms with E-state index in [9.17, 15) is 18.4 Å². The molecule has 0 bridgehead atoms. The van der Waals surface area contributed by atoms with Gasteiger partial charge in [0.25, 0.3) is 0 Å². The third kappa shape index (κ3) is 3.70. The van der Waals surface area contributed by atoms with Crippen molar-refractivity contribution in [1.29, 1.82) is 0 Å². The van der Waals surface area contributed by atoms with Crippen molar-refractivity contribution in [3.63, 3.8) is 0 Å². The average molecular weight is 348 g/mol. The van der Waals surface area contributed by atoms with E-state index in [0.717, 1.165) is 0 Å². The van der Waals surface area contributed by atoms with Crippen LogP contribution in [0.4, 0.5) is 13.6 Å². The summed E-state index contributed by atoms with van der Waals surface area (Å²) in [6.45, 7) is -1.04. The van der Waals surface area contributed by atoms with Gasteiger partial charge in [0.2, 0.25) is 5.91 Å². The van der Waals surface area contributed by atoms with E-state index in [1.54, 1.807) is 0 Å². The van der Waals surface area contributed by atoms with Gasteiger partial charge < -0.3 is 16.2 Å². The number of alkyl halides is 1. The maximum atomic E-state index is 14.3. The summed E-state index contributed by atoms with van der Waals surface area (Å²) in [4.78, 5) is 24.0. The van der Waals surface area contributed by atoms with Crippen LogP contribution in [0.5, 0.6) is 0 Å². The summed E-state index contributed by atoms with van der Waals surface area (Å²) in [6, 6.07) is 3.12. The molecule has 0 unspecified atom stereocenters. The summed E-state index contributed by atoms with van der Waals surface area (Å²) in [7, 11) is 0. The van der Waals surface area contributed by atoms with Crippen LogP contribution in [0.3, 0.4) is 0 Å². The average Bonchev–Trinajstić information content (AvgIpc) is 2.88. The van der Waals surface area contributed by atoms with E-state index in [0.29, 0.717) is 4.90 Å². The molecule has 23 heavy (non-hydrogen) atoms. The molecule has 2 rings (SSSR count). The van der Waals surface area contributed by atoms with Gasteiger partial charge in [-0.25, -0.2) is 13.6 Å². The zero-order valence-corrected chi connectivity index (χ0v) is 12.8. The van der Waals surface area contributed by atoms with E-state index in [4.69, 9.17) is 22.4 Å². The smallest absolute Gasteiger partial charge is 0.408 e. The highest BCUT2D eigenvalue weighted by Gasteiger charge is 2.48. The Hall–Kier alpha value is -1.93. The number of nitrogens with one attached hydrogen (secondary N) is 1. The first-order valence-electron chi connectivity index (χ1n) is 6.86. The molecule has 0 radical (unpaired) electrons. The minimum atomic E-state index is -1.94. The highest BCUT2D eigenvalue weighted by atomic mass is 35.5. The molecule has 0 aliphatic carbocycles. The van der Waals surface area contributed by atoms with Crippen LogP contribution in [0.25, 0.3) is 0 Å². The summed E-state index contributed by atoms with van der Waals surface area (Å²) in [5.41, 5.74) is 3.51. The fourth-order valence-electron chi connectivity index (χ4n) is 2.50. The molecular formula is C14H16ClF2N3O3. The van der Waals surface area contributed by atoms with E-state index in [1.807, 2.05) is 0 Å². The number of nitrogens with two attached hydrogens (primary N) is 1. The number of likely N-dealkylation sites (tertiary alicyclic amines) is 1. The summed E-state index contributed by atoms with van der Waals surface area (Å²) >= 11 is 5.64. The van der Waals surface area contributed by atoms with Crippen molar-refractivity contribution in [2.45, 2.75) is 24.7 Å². The van der Waals surface area contributed by atoms with Gasteiger partial charge >= 0.3 is 6.09 Å². The van der Waals surface area contributed by atoms with Gasteiger partial charge in [-0.1, -0.05) is 23.7 Å². The van der Waals surface area contributed by atoms with Gasteiger partial charge in [-0.2, -0.15) is 0 Å². The Morgan fingerprint density at radius 1 is 1.52 bits per heavy atom. The topological polar surface area (TPSA) is 95.7 Å². The molecule has 126 valence electrons. The van der Waals surface area contributed by atoms with Crippen LogP contribution in [0.1, 0.15) is 12.0 Å². The largest absolute Gasteiger partial charge is 0.465 e. The van der Waals surface area contributed by atoms with E-state index >= 15 is 0 Å². The zero-order chi connectivity index (χ0) is 17.2. The Balaban J connectivity index is 2.07. The molecular weight excluding hydrogens is 332 g/mol. The quantitative estimate of drug-likeness (QED) is 0.769. The van der Waals surface area contributed by atoms with Crippen molar-refractivity contribution in [2.24, 2.45) is 5.73 Å². The normalized spacial score (nSPS) is 23.8. The third-order valence-electron chi connectivity index (χ3n) is 3.79. The first-order valence-corrected chi connectivity index (χ1v) is 7.24. The predicted octanol–water partition coefficient (Wildman–Crippen LogP) is 1.51. The lowest BCUT2D eigenvalue weighted by Crippen LogP contribution is -2.45. The Labute approximate surface area is 136 Å². The first kappa shape index (κ1) is 17.4. The SMILES string of the molecule is NC[C@@]1(F)C[C@@H](C(=O)NCc2cccc(Cl)c2F)N(C(=O)O)C1. The van der Waals surface area contributed by atoms with Gasteiger partial charge in [0.1, 0.15) is 17.5 Å². The Kier molecular flexibility index (Phi) is 5.06. The van der Waals surface area contributed by atoms with Crippen LogP contribution < -0.4 is 11.1 Å². The van der Waals surface area contributed by atoms with Gasteiger partial charge in [-0.15, -0.1) is 0 Å². The number of benzene rings is 1. The van der Waals surface area contributed by atoms with E-state index < -0.39 is 36.1 Å². The van der Waals surface area contributed by atoms with Crippen LogP contribution in [-0.2, 0) is 11.3 Å². The fraction of sp³-hybridized carbons (Fsp3) is 0.429. The predicted molar refractivity (Wildman–Crippen MR) is 79.3 cm³/mol. The number of rotatable bonds is 4. The Bertz CT molecular complexity index is 631. The Morgan fingerprint density at radius 2 is 2.22 bits per heavy atom. The molecule has 0 spiro atoms. The number of amides is 2. The van der Waals surface area contributed by atoms with E-state index in [2.05, 4.69) is 5.32 Å². The second-order valence-electron chi connectivity index (χ2n) is 5.42. The summed E-state index contributed by atoms with van der Waals surface area (Å²) in [5.74, 6) is -1.38. The fourth-order valence-corrected chi connectivity index (χ4v) is 2.70. The molecule has 1 aliphatic heterocycles. The van der Waals surface area contributed by atoms with Crippen LogP contribution in [-0.4, -0.2) is 46.8 Å². The van der Waals surface area contributed by atoms with Crippen molar-refractivity contribution < 1.29 is 23.5 Å². The minimum absolute atomic E-state index is 0.0873. The number of hydrogen-bond acceptors (Lipinski definition) is 3. The number of nitrogens with zero attached hydrogens (tertiary/aromatic N) is 1. The zero-order valence-electron chi connectivity index (χ0n) is 12.1. The van der Waals surface area contributed by atoms with Crippen LogP contribution in [0, 0.1) is 5.82 Å². The molecule has 1 aromatic carbocycles. The molecule has 2 atom stereocenters. The van der Waals surface area contributed by atoms with Gasteiger partial charge in [0.05, 0.1) is 11.6 Å². The van der Waals surface area contributed by atoms with E-state index in [-0.39, 0.29) is 30.1 Å². The molecule has 0 saturated carbocycles. The number of hydrogen-bond donors (Lipinski definition) is 3. The van der Waals surface area contributed by atoms with E-state index in [1.165, 1.54) is 18.2 Å². The molecule has 1 aromatic rings. The standard InChI is InChI=1S/C14H16ClF2N3O3/c15-9-3-1-2-8(11(9)16)5-19-12(21)10-4-14(17,6-18)7-20(10)13(22)23/h1-3,10H,4-7,18H2,(H,19,21)(H,22,23)/t10-,14-/m0/s1. The molecule has 1 heterocycles. The number of halogens is 3. The monoisotopic (exact) mass is 347 g/mol. The van der Waals surface area contributed by atoms with Crippen LogP contribution in [0.2, 0.25) is 5.02 Å². The third-order valence-corrected chi connectivity index (χ3v) is 4.08. The van der Waals surface area contributed by atoms with Gasteiger partial charge in [-0.3, -0.25) is 9.69 Å². The minimum Gasteiger partial charge on any atom is -0.465 e. The first-order chi connectivity index (χ1) is 10.8. The maximum absolute atomic E-state index is 14.3. The van der Waals surface area contributed by atoms with Crippen molar-refractivity contribution in [3.8, 4) is 0 Å². The number of carbonyl (C=O) groups excluding carboxylic acids is 1. The molecule has 9 heteroatoms. The van der Waals surface area contributed by atoms with Crippen molar-refractivity contribution in [2.75, 3.05) is 13.1 Å². The lowest BCUT2D eigenvalue weighted by Gasteiger charge is -2.20. The lowest BCUT2D eigenvalue weighted by molar-refractivity contribution is -0.125. The molecule has 1 saturated heterocycles. The van der Waals surface area contributed by atoms with Crippen molar-refractivity contribution in [3.05, 3.63) is 34.6 Å². The summed E-state index contributed by atoms with van der Waals surface area (Å²) < 4.78 is 28.0. The van der Waals surface area contributed by atoms with Gasteiger partial charge in [0.15, 0.2) is 0 Å². The number of carboxylic acid groups (broad SMARTS) is 1. The molecule has 1 fully saturated rings. The van der Waals surface area contributed by atoms with Gasteiger partial charge in [-0.05, 0) is 6.07 Å². The summed E-state index contributed by atoms with van der Waals surface area (Å²) in [6.07, 6.45) is -1.74. The second-order valence-corrected chi connectivity index (χ2v) is 5.82. The van der Waals surface area contributed by atoms with Crippen LogP contribution in [0.15, 0.2) is 18.2 Å². The number of carbonyl (C=O) groups is 2. The highest BCUT2D eigenvalue weighted by Crippen LogP contribution is 2.30. The molecule has 4 N–H and O–H groups in total. The maximum Gasteiger partial charge on any atom is 0.408 e. The molecule has 1 aliphatic rings. The Morgan fingerprint density at radius 3 is 2.83 bits per heavy atom.